The quantitative estimate of drug-likeness (QED) is 0.429. The summed E-state index contributed by atoms with van der Waals surface area (Å²) in [5.74, 6) is 0.809. The van der Waals surface area contributed by atoms with Gasteiger partial charge in [0.05, 0.1) is 25.5 Å². The molecule has 1 fully saturated rings. The van der Waals surface area contributed by atoms with Gasteiger partial charge in [-0.3, -0.25) is 14.9 Å². The second-order valence-corrected chi connectivity index (χ2v) is 4.63. The van der Waals surface area contributed by atoms with E-state index in [1.807, 2.05) is 18.2 Å². The Morgan fingerprint density at radius 2 is 2.14 bits per heavy atom. The fourth-order valence-corrected chi connectivity index (χ4v) is 2.05. The maximum Gasteiger partial charge on any atom is 0.191 e. The first-order valence-electron chi connectivity index (χ1n) is 7.03. The molecule has 1 aromatic heterocycles. The van der Waals surface area contributed by atoms with Crippen molar-refractivity contribution in [2.45, 2.75) is 6.54 Å². The van der Waals surface area contributed by atoms with Gasteiger partial charge in [0, 0.05) is 39.4 Å². The van der Waals surface area contributed by atoms with Gasteiger partial charge in [0.1, 0.15) is 0 Å². The van der Waals surface area contributed by atoms with Crippen molar-refractivity contribution >= 4 is 29.9 Å². The summed E-state index contributed by atoms with van der Waals surface area (Å²) in [4.78, 5) is 10.9. The summed E-state index contributed by atoms with van der Waals surface area (Å²) < 4.78 is 5.33. The fourth-order valence-electron chi connectivity index (χ4n) is 2.05. The molecule has 0 spiro atoms. The zero-order valence-corrected chi connectivity index (χ0v) is 14.7. The smallest absolute Gasteiger partial charge is 0.191 e. The monoisotopic (exact) mass is 405 g/mol. The second kappa shape index (κ2) is 10.7. The van der Waals surface area contributed by atoms with Crippen LogP contribution in [-0.2, 0) is 11.3 Å². The topological polar surface area (TPSA) is 61.8 Å². The van der Waals surface area contributed by atoms with Crippen LogP contribution >= 0.6 is 24.0 Å². The van der Waals surface area contributed by atoms with E-state index in [2.05, 4.69) is 25.5 Å². The Hall–Kier alpha value is -0.930. The van der Waals surface area contributed by atoms with E-state index in [1.165, 1.54) is 0 Å². The molecular weight excluding hydrogens is 381 g/mol. The third-order valence-corrected chi connectivity index (χ3v) is 3.21. The van der Waals surface area contributed by atoms with Crippen LogP contribution < -0.4 is 10.6 Å². The number of hydrogen-bond donors (Lipinski definition) is 2. The molecule has 0 bridgehead atoms. The summed E-state index contributed by atoms with van der Waals surface area (Å²) in [7, 11) is 1.78. The number of aromatic nitrogens is 1. The van der Waals surface area contributed by atoms with Crippen molar-refractivity contribution in [3.05, 3.63) is 30.1 Å². The number of pyridine rings is 1. The standard InChI is InChI=1S/C14H23N5O.HI/c1-15-14(18-12-13-4-2-3-5-16-13)17-6-7-19-8-10-20-11-9-19;/h2-5H,6-12H2,1H3,(H2,15,17,18);1H. The maximum absolute atomic E-state index is 5.33. The normalized spacial score (nSPS) is 16.1. The zero-order chi connectivity index (χ0) is 14.0. The summed E-state index contributed by atoms with van der Waals surface area (Å²) in [5.41, 5.74) is 1.00. The van der Waals surface area contributed by atoms with Gasteiger partial charge in [0.15, 0.2) is 5.96 Å². The van der Waals surface area contributed by atoms with Gasteiger partial charge in [-0.15, -0.1) is 24.0 Å². The molecule has 0 radical (unpaired) electrons. The van der Waals surface area contributed by atoms with Crippen molar-refractivity contribution in [2.75, 3.05) is 46.4 Å². The number of guanidine groups is 1. The van der Waals surface area contributed by atoms with Gasteiger partial charge in [-0.2, -0.15) is 0 Å². The number of hydrogen-bond acceptors (Lipinski definition) is 4. The van der Waals surface area contributed by atoms with E-state index >= 15 is 0 Å². The molecule has 0 aliphatic carbocycles. The van der Waals surface area contributed by atoms with Gasteiger partial charge in [-0.05, 0) is 12.1 Å². The molecule has 118 valence electrons. The van der Waals surface area contributed by atoms with Gasteiger partial charge in [-0.1, -0.05) is 6.07 Å². The van der Waals surface area contributed by atoms with E-state index in [0.29, 0.717) is 6.54 Å². The molecule has 2 heterocycles. The number of ether oxygens (including phenoxy) is 1. The number of aliphatic imine (C=N–C) groups is 1. The molecule has 1 saturated heterocycles. The van der Waals surface area contributed by atoms with Crippen molar-refractivity contribution in [2.24, 2.45) is 4.99 Å². The van der Waals surface area contributed by atoms with Crippen LogP contribution in [0.4, 0.5) is 0 Å². The minimum absolute atomic E-state index is 0. The Balaban J connectivity index is 0.00000220. The Morgan fingerprint density at radius 3 is 2.81 bits per heavy atom. The Kier molecular flexibility index (Phi) is 9.27. The SMILES string of the molecule is CN=C(NCCN1CCOCC1)NCc1ccccn1.I. The summed E-state index contributed by atoms with van der Waals surface area (Å²) >= 11 is 0. The summed E-state index contributed by atoms with van der Waals surface area (Å²) in [6.45, 7) is 6.27. The summed E-state index contributed by atoms with van der Waals surface area (Å²) in [5, 5.41) is 6.57. The molecule has 21 heavy (non-hydrogen) atoms. The van der Waals surface area contributed by atoms with Crippen LogP contribution in [0.15, 0.2) is 29.4 Å². The molecule has 1 aliphatic rings. The van der Waals surface area contributed by atoms with E-state index in [-0.39, 0.29) is 24.0 Å². The van der Waals surface area contributed by atoms with Crippen LogP contribution in [0.2, 0.25) is 0 Å². The van der Waals surface area contributed by atoms with Gasteiger partial charge in [0.25, 0.3) is 0 Å². The van der Waals surface area contributed by atoms with Crippen molar-refractivity contribution < 1.29 is 4.74 Å². The van der Waals surface area contributed by atoms with Crippen LogP contribution in [0.1, 0.15) is 5.69 Å². The molecule has 0 amide bonds. The Morgan fingerprint density at radius 1 is 1.33 bits per heavy atom. The highest BCUT2D eigenvalue weighted by atomic mass is 127. The molecule has 6 nitrogen and oxygen atoms in total. The third kappa shape index (κ3) is 7.05. The number of rotatable bonds is 5. The van der Waals surface area contributed by atoms with Crippen LogP contribution in [0.3, 0.4) is 0 Å². The number of morpholine rings is 1. The molecule has 7 heteroatoms. The predicted octanol–water partition coefficient (Wildman–Crippen LogP) is 0.697. The van der Waals surface area contributed by atoms with E-state index in [9.17, 15) is 0 Å². The highest BCUT2D eigenvalue weighted by molar-refractivity contribution is 14.0. The molecular formula is C14H24IN5O. The molecule has 0 saturated carbocycles. The lowest BCUT2D eigenvalue weighted by Crippen LogP contribution is -2.44. The van der Waals surface area contributed by atoms with E-state index in [0.717, 1.165) is 51.0 Å². The first-order valence-corrected chi connectivity index (χ1v) is 7.03. The average Bonchev–Trinajstić information content (AvgIpc) is 2.52. The highest BCUT2D eigenvalue weighted by Gasteiger charge is 2.09. The van der Waals surface area contributed by atoms with Crippen LogP contribution in [0, 0.1) is 0 Å². The number of nitrogens with one attached hydrogen (secondary N) is 2. The Labute approximate surface area is 143 Å². The predicted molar refractivity (Wildman–Crippen MR) is 95.1 cm³/mol. The first-order chi connectivity index (χ1) is 9.88. The lowest BCUT2D eigenvalue weighted by molar-refractivity contribution is 0.0389. The van der Waals surface area contributed by atoms with E-state index in [1.54, 1.807) is 13.2 Å². The van der Waals surface area contributed by atoms with Crippen molar-refractivity contribution in [3.63, 3.8) is 0 Å². The average molecular weight is 405 g/mol. The molecule has 0 unspecified atom stereocenters. The first kappa shape index (κ1) is 18.1. The van der Waals surface area contributed by atoms with Crippen LogP contribution in [0.25, 0.3) is 0 Å². The van der Waals surface area contributed by atoms with Crippen molar-refractivity contribution in [3.8, 4) is 0 Å². The molecule has 1 aromatic rings. The summed E-state index contributed by atoms with van der Waals surface area (Å²) in [6.07, 6.45) is 1.80. The maximum atomic E-state index is 5.33. The van der Waals surface area contributed by atoms with Gasteiger partial charge >= 0.3 is 0 Å². The zero-order valence-electron chi connectivity index (χ0n) is 12.4. The van der Waals surface area contributed by atoms with Crippen molar-refractivity contribution in [1.82, 2.24) is 20.5 Å². The highest BCUT2D eigenvalue weighted by Crippen LogP contribution is 1.95. The fraction of sp³-hybridized carbons (Fsp3) is 0.571. The second-order valence-electron chi connectivity index (χ2n) is 4.63. The van der Waals surface area contributed by atoms with Gasteiger partial charge < -0.3 is 15.4 Å². The van der Waals surface area contributed by atoms with Crippen LogP contribution in [0.5, 0.6) is 0 Å². The van der Waals surface area contributed by atoms with Crippen LogP contribution in [-0.4, -0.2) is 62.3 Å². The molecule has 2 rings (SSSR count). The van der Waals surface area contributed by atoms with E-state index < -0.39 is 0 Å². The Bertz CT molecular complexity index is 409. The van der Waals surface area contributed by atoms with E-state index in [4.69, 9.17) is 4.74 Å². The molecule has 1 aliphatic heterocycles. The lowest BCUT2D eigenvalue weighted by Gasteiger charge is -2.26. The van der Waals surface area contributed by atoms with Gasteiger partial charge in [-0.25, -0.2) is 0 Å². The minimum Gasteiger partial charge on any atom is -0.379 e. The molecule has 0 aromatic carbocycles. The molecule has 0 atom stereocenters. The number of halogens is 1. The summed E-state index contributed by atoms with van der Waals surface area (Å²) in [6, 6.07) is 5.89. The number of nitrogens with zero attached hydrogens (tertiary/aromatic N) is 3. The lowest BCUT2D eigenvalue weighted by atomic mass is 10.3. The minimum atomic E-state index is 0. The molecule has 2 N–H and O–H groups in total. The van der Waals surface area contributed by atoms with Crippen molar-refractivity contribution in [1.29, 1.82) is 0 Å². The third-order valence-electron chi connectivity index (χ3n) is 3.21. The van der Waals surface area contributed by atoms with Gasteiger partial charge in [0.2, 0.25) is 0 Å². The largest absolute Gasteiger partial charge is 0.379 e.